The molecule has 1 aliphatic rings. The largest absolute Gasteiger partial charge is 0.373 e. The van der Waals surface area contributed by atoms with E-state index in [0.717, 1.165) is 17.8 Å². The molecule has 3 rings (SSSR count). The molecule has 5 nitrogen and oxygen atoms in total. The van der Waals surface area contributed by atoms with Crippen LogP contribution in [0.1, 0.15) is 11.3 Å². The van der Waals surface area contributed by atoms with Crippen LogP contribution in [-0.4, -0.2) is 21.9 Å². The number of fused-ring (bicyclic) bond motifs is 1. The van der Waals surface area contributed by atoms with Crippen LogP contribution in [0.5, 0.6) is 0 Å². The number of para-hydroxylation sites is 1. The highest BCUT2D eigenvalue weighted by Gasteiger charge is 2.25. The average molecular weight is 254 g/mol. The minimum atomic E-state index is -0.195. The minimum absolute atomic E-state index is 0.00480. The van der Waals surface area contributed by atoms with Crippen molar-refractivity contribution in [2.24, 2.45) is 0 Å². The van der Waals surface area contributed by atoms with Gasteiger partial charge in [0.1, 0.15) is 12.4 Å². The second-order valence-electron chi connectivity index (χ2n) is 4.48. The molecule has 2 heterocycles. The zero-order chi connectivity index (χ0) is 13.1. The van der Waals surface area contributed by atoms with Gasteiger partial charge in [0.05, 0.1) is 12.2 Å². The molecule has 0 spiro atoms. The first-order valence-electron chi connectivity index (χ1n) is 6.20. The van der Waals surface area contributed by atoms with Crippen molar-refractivity contribution in [3.63, 3.8) is 0 Å². The summed E-state index contributed by atoms with van der Waals surface area (Å²) in [5, 5.41) is 6.11. The second-order valence-corrected chi connectivity index (χ2v) is 4.48. The number of anilines is 1. The maximum atomic E-state index is 12.1. The fourth-order valence-corrected chi connectivity index (χ4v) is 2.18. The molecule has 19 heavy (non-hydrogen) atoms. The fraction of sp³-hybridized carbons (Fsp3) is 0.214. The zero-order valence-electron chi connectivity index (χ0n) is 10.3. The van der Waals surface area contributed by atoms with Crippen LogP contribution >= 0.6 is 0 Å². The molecule has 0 bridgehead atoms. The third-order valence-electron chi connectivity index (χ3n) is 3.17. The van der Waals surface area contributed by atoms with Gasteiger partial charge in [-0.1, -0.05) is 18.2 Å². The van der Waals surface area contributed by atoms with Crippen LogP contribution in [0.2, 0.25) is 0 Å². The summed E-state index contributed by atoms with van der Waals surface area (Å²) in [6, 6.07) is 9.58. The zero-order valence-corrected chi connectivity index (χ0v) is 10.3. The highest BCUT2D eigenvalue weighted by molar-refractivity contribution is 5.87. The van der Waals surface area contributed by atoms with Gasteiger partial charge in [0, 0.05) is 18.3 Å². The molecule has 5 heteroatoms. The van der Waals surface area contributed by atoms with Crippen molar-refractivity contribution in [3.8, 4) is 0 Å². The van der Waals surface area contributed by atoms with E-state index >= 15 is 0 Å². The van der Waals surface area contributed by atoms with E-state index in [1.54, 1.807) is 12.3 Å². The molecule has 0 unspecified atom stereocenters. The Morgan fingerprint density at radius 1 is 1.37 bits per heavy atom. The van der Waals surface area contributed by atoms with Gasteiger partial charge in [-0.2, -0.15) is 0 Å². The number of aromatic nitrogens is 2. The van der Waals surface area contributed by atoms with Crippen LogP contribution in [-0.2, 0) is 17.8 Å². The van der Waals surface area contributed by atoms with Gasteiger partial charge in [0.2, 0.25) is 5.91 Å². The Bertz CT molecular complexity index is 560. The molecule has 0 radical (unpaired) electrons. The molecule has 0 aliphatic carbocycles. The summed E-state index contributed by atoms with van der Waals surface area (Å²) in [6.45, 7) is 0.426. The Labute approximate surface area is 111 Å². The predicted octanol–water partition coefficient (Wildman–Crippen LogP) is 1.13. The van der Waals surface area contributed by atoms with E-state index in [1.165, 1.54) is 11.9 Å². The maximum Gasteiger partial charge on any atom is 0.243 e. The number of benzene rings is 1. The molecule has 2 N–H and O–H groups in total. The molecule has 1 aromatic heterocycles. The number of hydrogen-bond donors (Lipinski definition) is 2. The fourth-order valence-electron chi connectivity index (χ4n) is 2.18. The van der Waals surface area contributed by atoms with E-state index in [2.05, 4.69) is 20.6 Å². The summed E-state index contributed by atoms with van der Waals surface area (Å²) >= 11 is 0. The van der Waals surface area contributed by atoms with Crippen molar-refractivity contribution >= 4 is 11.6 Å². The average Bonchev–Trinajstić information content (AvgIpc) is 2.90. The summed E-state index contributed by atoms with van der Waals surface area (Å²) in [5.41, 5.74) is 3.04. The predicted molar refractivity (Wildman–Crippen MR) is 71.4 cm³/mol. The molecule has 96 valence electrons. The van der Waals surface area contributed by atoms with E-state index in [1.807, 2.05) is 24.3 Å². The molecule has 2 aromatic rings. The van der Waals surface area contributed by atoms with Crippen molar-refractivity contribution < 1.29 is 4.79 Å². The van der Waals surface area contributed by atoms with Gasteiger partial charge in [-0.05, 0) is 17.7 Å². The molecular weight excluding hydrogens is 240 g/mol. The summed E-state index contributed by atoms with van der Waals surface area (Å²) in [7, 11) is 0. The van der Waals surface area contributed by atoms with Crippen LogP contribution in [0, 0.1) is 0 Å². The van der Waals surface area contributed by atoms with Crippen LogP contribution in [0.3, 0.4) is 0 Å². The number of carbonyl (C=O) groups is 1. The summed E-state index contributed by atoms with van der Waals surface area (Å²) < 4.78 is 0. The van der Waals surface area contributed by atoms with Crippen molar-refractivity contribution in [1.82, 2.24) is 15.3 Å². The van der Waals surface area contributed by atoms with E-state index < -0.39 is 0 Å². The van der Waals surface area contributed by atoms with E-state index in [-0.39, 0.29) is 11.9 Å². The number of nitrogens with zero attached hydrogens (tertiary/aromatic N) is 2. The molecule has 0 fully saturated rings. The smallest absolute Gasteiger partial charge is 0.243 e. The molecule has 1 amide bonds. The Balaban J connectivity index is 1.58. The Hall–Kier alpha value is -2.43. The third-order valence-corrected chi connectivity index (χ3v) is 3.17. The number of rotatable bonds is 3. The quantitative estimate of drug-likeness (QED) is 0.861. The second kappa shape index (κ2) is 5.06. The van der Waals surface area contributed by atoms with Crippen LogP contribution in [0.15, 0.2) is 42.9 Å². The van der Waals surface area contributed by atoms with Crippen molar-refractivity contribution in [2.75, 3.05) is 5.32 Å². The Morgan fingerprint density at radius 2 is 2.26 bits per heavy atom. The van der Waals surface area contributed by atoms with Crippen LogP contribution < -0.4 is 10.6 Å². The standard InChI is InChI=1S/C14H14N4O/c19-14(16-8-11-5-6-15-9-17-11)13-7-10-3-1-2-4-12(10)18-13/h1-6,9,13,18H,7-8H2,(H,16,19)/t13-/m0/s1. The van der Waals surface area contributed by atoms with Gasteiger partial charge in [0.25, 0.3) is 0 Å². The Morgan fingerprint density at radius 3 is 3.05 bits per heavy atom. The van der Waals surface area contributed by atoms with Crippen LogP contribution in [0.25, 0.3) is 0 Å². The van der Waals surface area contributed by atoms with Crippen molar-refractivity contribution in [3.05, 3.63) is 54.1 Å². The number of amides is 1. The van der Waals surface area contributed by atoms with Crippen LogP contribution in [0.4, 0.5) is 5.69 Å². The minimum Gasteiger partial charge on any atom is -0.373 e. The first-order chi connectivity index (χ1) is 9.33. The highest BCUT2D eigenvalue weighted by Crippen LogP contribution is 2.24. The molecule has 1 atom stereocenters. The highest BCUT2D eigenvalue weighted by atomic mass is 16.2. The normalized spacial score (nSPS) is 16.5. The third kappa shape index (κ3) is 2.54. The number of carbonyl (C=O) groups excluding carboxylic acids is 1. The topological polar surface area (TPSA) is 66.9 Å². The Kier molecular flexibility index (Phi) is 3.10. The van der Waals surface area contributed by atoms with Gasteiger partial charge in [-0.3, -0.25) is 4.79 Å². The van der Waals surface area contributed by atoms with Crippen molar-refractivity contribution in [1.29, 1.82) is 0 Å². The lowest BCUT2D eigenvalue weighted by molar-refractivity contribution is -0.121. The molecule has 1 aliphatic heterocycles. The molecule has 0 saturated heterocycles. The lowest BCUT2D eigenvalue weighted by Gasteiger charge is -2.11. The lowest BCUT2D eigenvalue weighted by atomic mass is 10.1. The molecule has 1 aromatic carbocycles. The first kappa shape index (κ1) is 11.6. The molecular formula is C14H14N4O. The van der Waals surface area contributed by atoms with E-state index in [9.17, 15) is 4.79 Å². The van der Waals surface area contributed by atoms with E-state index in [4.69, 9.17) is 0 Å². The maximum absolute atomic E-state index is 12.1. The summed E-state index contributed by atoms with van der Waals surface area (Å²) in [4.78, 5) is 20.0. The van der Waals surface area contributed by atoms with Gasteiger partial charge in [-0.25, -0.2) is 9.97 Å². The first-order valence-corrected chi connectivity index (χ1v) is 6.20. The number of nitrogens with one attached hydrogen (secondary N) is 2. The monoisotopic (exact) mass is 254 g/mol. The van der Waals surface area contributed by atoms with Gasteiger partial charge >= 0.3 is 0 Å². The van der Waals surface area contributed by atoms with Gasteiger partial charge in [0.15, 0.2) is 0 Å². The van der Waals surface area contributed by atoms with Gasteiger partial charge < -0.3 is 10.6 Å². The number of hydrogen-bond acceptors (Lipinski definition) is 4. The van der Waals surface area contributed by atoms with Crippen molar-refractivity contribution in [2.45, 2.75) is 19.0 Å². The SMILES string of the molecule is O=C(NCc1ccncn1)[C@@H]1Cc2ccccc2N1. The van der Waals surface area contributed by atoms with E-state index in [0.29, 0.717) is 6.54 Å². The summed E-state index contributed by atoms with van der Waals surface area (Å²) in [5.74, 6) is -0.00480. The van der Waals surface area contributed by atoms with Gasteiger partial charge in [-0.15, -0.1) is 0 Å². The molecule has 0 saturated carbocycles. The lowest BCUT2D eigenvalue weighted by Crippen LogP contribution is -2.38. The summed E-state index contributed by atoms with van der Waals surface area (Å²) in [6.07, 6.45) is 3.87.